The van der Waals surface area contributed by atoms with Crippen LogP contribution in [0.4, 0.5) is 5.82 Å². The maximum atomic E-state index is 13.0. The van der Waals surface area contributed by atoms with Gasteiger partial charge in [0.05, 0.1) is 17.3 Å². The van der Waals surface area contributed by atoms with Crippen molar-refractivity contribution in [2.24, 2.45) is 0 Å². The van der Waals surface area contributed by atoms with E-state index in [2.05, 4.69) is 23.2 Å². The summed E-state index contributed by atoms with van der Waals surface area (Å²) in [6, 6.07) is 20.4. The highest BCUT2D eigenvalue weighted by molar-refractivity contribution is 5.86. The zero-order valence-electron chi connectivity index (χ0n) is 19.5. The summed E-state index contributed by atoms with van der Waals surface area (Å²) in [5.74, 6) is 0.916. The van der Waals surface area contributed by atoms with Gasteiger partial charge in [-0.15, -0.1) is 0 Å². The molecule has 0 saturated carbocycles. The smallest absolute Gasteiger partial charge is 0.242 e. The Labute approximate surface area is 200 Å². The monoisotopic (exact) mass is 454 g/mol. The number of aromatic hydroxyl groups is 1. The molecule has 0 unspecified atom stereocenters. The molecule has 1 aromatic heterocycles. The van der Waals surface area contributed by atoms with Crippen LogP contribution in [0.15, 0.2) is 60.7 Å². The molecule has 1 amide bonds. The highest BCUT2D eigenvalue weighted by Crippen LogP contribution is 2.35. The molecule has 1 saturated heterocycles. The van der Waals surface area contributed by atoms with Crippen molar-refractivity contribution in [3.63, 3.8) is 0 Å². The number of hydrogen-bond acceptors (Lipinski definition) is 5. The van der Waals surface area contributed by atoms with Crippen LogP contribution < -0.4 is 10.2 Å². The minimum Gasteiger partial charge on any atom is -0.507 e. The van der Waals surface area contributed by atoms with Gasteiger partial charge in [-0.25, -0.2) is 4.98 Å². The number of rotatable bonds is 8. The quantitative estimate of drug-likeness (QED) is 0.453. The molecule has 2 N–H and O–H groups in total. The Morgan fingerprint density at radius 1 is 1.15 bits per heavy atom. The number of nitrogens with zero attached hydrogens (tertiary/aromatic N) is 3. The zero-order valence-corrected chi connectivity index (χ0v) is 19.5. The molecule has 2 heterocycles. The number of benzene rings is 2. The lowest BCUT2D eigenvalue weighted by Crippen LogP contribution is -2.44. The van der Waals surface area contributed by atoms with E-state index in [1.165, 1.54) is 0 Å². The fourth-order valence-corrected chi connectivity index (χ4v) is 4.41. The van der Waals surface area contributed by atoms with Gasteiger partial charge in [0.25, 0.3) is 0 Å². The Balaban J connectivity index is 1.71. The zero-order chi connectivity index (χ0) is 23.9. The average molecular weight is 455 g/mol. The molecule has 1 aliphatic heterocycles. The molecule has 174 valence electrons. The summed E-state index contributed by atoms with van der Waals surface area (Å²) in [6.07, 6.45) is 4.91. The maximum absolute atomic E-state index is 13.0. The number of hydrogen-bond donors (Lipinski definition) is 2. The number of carbonyl (C=O) groups is 1. The molecule has 0 aliphatic carbocycles. The molecule has 0 radical (unpaired) electrons. The van der Waals surface area contributed by atoms with Crippen molar-refractivity contribution < 1.29 is 9.90 Å². The Hall–Kier alpha value is -3.85. The van der Waals surface area contributed by atoms with Crippen molar-refractivity contribution in [1.29, 1.82) is 5.26 Å². The lowest BCUT2D eigenvalue weighted by molar-refractivity contribution is -0.122. The van der Waals surface area contributed by atoms with Crippen LogP contribution in [0.3, 0.4) is 0 Å². The Bertz CT molecular complexity index is 1180. The number of unbranched alkanes of at least 4 members (excludes halogenated alkanes) is 2. The Morgan fingerprint density at radius 3 is 2.68 bits per heavy atom. The second kappa shape index (κ2) is 10.8. The molecule has 1 atom stereocenters. The number of carbonyl (C=O) groups excluding carboxylic acids is 1. The van der Waals surface area contributed by atoms with Crippen molar-refractivity contribution in [3.05, 3.63) is 66.2 Å². The largest absolute Gasteiger partial charge is 0.507 e. The molecule has 0 spiro atoms. The van der Waals surface area contributed by atoms with Gasteiger partial charge in [-0.3, -0.25) is 4.79 Å². The maximum Gasteiger partial charge on any atom is 0.242 e. The lowest BCUT2D eigenvalue weighted by atomic mass is 10.0. The first-order valence-corrected chi connectivity index (χ1v) is 12.0. The van der Waals surface area contributed by atoms with E-state index in [1.807, 2.05) is 36.4 Å². The van der Waals surface area contributed by atoms with Crippen LogP contribution in [-0.4, -0.2) is 35.1 Å². The molecular weight excluding hydrogens is 424 g/mol. The number of aromatic nitrogens is 1. The molecule has 4 rings (SSSR count). The van der Waals surface area contributed by atoms with Crippen molar-refractivity contribution in [3.8, 4) is 34.2 Å². The van der Waals surface area contributed by atoms with E-state index in [0.29, 0.717) is 29.2 Å². The first kappa shape index (κ1) is 23.3. The number of anilines is 1. The molecule has 6 nitrogen and oxygen atoms in total. The van der Waals surface area contributed by atoms with E-state index in [9.17, 15) is 9.90 Å². The summed E-state index contributed by atoms with van der Waals surface area (Å²) < 4.78 is 0. The van der Waals surface area contributed by atoms with E-state index in [-0.39, 0.29) is 17.7 Å². The molecule has 1 fully saturated rings. The van der Waals surface area contributed by atoms with Gasteiger partial charge in [0, 0.05) is 18.7 Å². The summed E-state index contributed by atoms with van der Waals surface area (Å²) in [5.41, 5.74) is 3.74. The highest BCUT2D eigenvalue weighted by Gasteiger charge is 2.32. The van der Waals surface area contributed by atoms with Crippen LogP contribution in [0.2, 0.25) is 0 Å². The summed E-state index contributed by atoms with van der Waals surface area (Å²) in [6.45, 7) is 3.59. The number of para-hydroxylation sites is 1. The van der Waals surface area contributed by atoms with E-state index < -0.39 is 0 Å². The minimum atomic E-state index is -0.262. The standard InChI is InChI=1S/C28H30N4O2/c1-2-3-6-15-30-28(34)25-9-7-16-32(25)27-18-22(21-13-11-20(19-29)12-14-21)17-24(31-27)23-8-4-5-10-26(23)33/h4-5,8,10-14,17-18,25,33H,2-3,6-7,9,15-16H2,1H3,(H,30,34)/t25-/m0/s1. The average Bonchev–Trinajstić information content (AvgIpc) is 3.37. The molecule has 0 bridgehead atoms. The summed E-state index contributed by atoms with van der Waals surface area (Å²) in [7, 11) is 0. The number of nitrogens with one attached hydrogen (secondary N) is 1. The third-order valence-electron chi connectivity index (χ3n) is 6.27. The van der Waals surface area contributed by atoms with E-state index in [4.69, 9.17) is 10.2 Å². The second-order valence-electron chi connectivity index (χ2n) is 8.66. The molecule has 2 aromatic carbocycles. The lowest BCUT2D eigenvalue weighted by Gasteiger charge is -2.26. The molecule has 3 aromatic rings. The molecule has 1 aliphatic rings. The number of phenolic OH excluding ortho intramolecular Hbond substituents is 1. The SMILES string of the molecule is CCCCCNC(=O)[C@@H]1CCCN1c1cc(-c2ccc(C#N)cc2)cc(-c2ccccc2O)n1. The third-order valence-corrected chi connectivity index (χ3v) is 6.27. The number of pyridine rings is 1. The first-order valence-electron chi connectivity index (χ1n) is 12.0. The summed E-state index contributed by atoms with van der Waals surface area (Å²) >= 11 is 0. The Kier molecular flexibility index (Phi) is 7.44. The highest BCUT2D eigenvalue weighted by atomic mass is 16.3. The van der Waals surface area contributed by atoms with E-state index in [0.717, 1.165) is 49.8 Å². The first-order chi connectivity index (χ1) is 16.6. The van der Waals surface area contributed by atoms with Crippen LogP contribution in [0.25, 0.3) is 22.4 Å². The van der Waals surface area contributed by atoms with Crippen LogP contribution in [0, 0.1) is 11.3 Å². The number of phenols is 1. The summed E-state index contributed by atoms with van der Waals surface area (Å²) in [4.78, 5) is 19.9. The third kappa shape index (κ3) is 5.20. The van der Waals surface area contributed by atoms with Crippen molar-refractivity contribution in [1.82, 2.24) is 10.3 Å². The van der Waals surface area contributed by atoms with Gasteiger partial charge in [-0.05, 0) is 66.8 Å². The van der Waals surface area contributed by atoms with E-state index in [1.54, 1.807) is 24.3 Å². The number of nitriles is 1. The van der Waals surface area contributed by atoms with Gasteiger partial charge in [0.1, 0.15) is 17.6 Å². The minimum absolute atomic E-state index is 0.0447. The van der Waals surface area contributed by atoms with Crippen molar-refractivity contribution in [2.45, 2.75) is 45.1 Å². The van der Waals surface area contributed by atoms with E-state index >= 15 is 0 Å². The fourth-order valence-electron chi connectivity index (χ4n) is 4.41. The van der Waals surface area contributed by atoms with Crippen LogP contribution in [0.1, 0.15) is 44.6 Å². The second-order valence-corrected chi connectivity index (χ2v) is 8.66. The topological polar surface area (TPSA) is 89.2 Å². The van der Waals surface area contributed by atoms with Gasteiger partial charge in [0.2, 0.25) is 5.91 Å². The van der Waals surface area contributed by atoms with Gasteiger partial charge in [-0.2, -0.15) is 5.26 Å². The van der Waals surface area contributed by atoms with Gasteiger partial charge in [0.15, 0.2) is 0 Å². The van der Waals surface area contributed by atoms with Crippen LogP contribution >= 0.6 is 0 Å². The summed E-state index contributed by atoms with van der Waals surface area (Å²) in [5, 5.41) is 22.7. The van der Waals surface area contributed by atoms with Crippen LogP contribution in [0.5, 0.6) is 5.75 Å². The van der Waals surface area contributed by atoms with Gasteiger partial charge < -0.3 is 15.3 Å². The number of amides is 1. The van der Waals surface area contributed by atoms with Gasteiger partial charge >= 0.3 is 0 Å². The normalized spacial score (nSPS) is 15.2. The van der Waals surface area contributed by atoms with Crippen molar-refractivity contribution >= 4 is 11.7 Å². The predicted molar refractivity (Wildman–Crippen MR) is 134 cm³/mol. The van der Waals surface area contributed by atoms with Crippen LogP contribution in [-0.2, 0) is 4.79 Å². The van der Waals surface area contributed by atoms with Crippen molar-refractivity contribution in [2.75, 3.05) is 18.0 Å². The molecule has 6 heteroatoms. The molecular formula is C28H30N4O2. The van der Waals surface area contributed by atoms with Gasteiger partial charge in [-0.1, -0.05) is 44.0 Å². The fraction of sp³-hybridized carbons (Fsp3) is 0.321. The Morgan fingerprint density at radius 2 is 1.94 bits per heavy atom. The molecule has 34 heavy (non-hydrogen) atoms. The predicted octanol–water partition coefficient (Wildman–Crippen LogP) is 5.27.